The van der Waals surface area contributed by atoms with Crippen molar-refractivity contribution in [2.45, 2.75) is 144 Å². The van der Waals surface area contributed by atoms with Gasteiger partial charge in [0.15, 0.2) is 0 Å². The van der Waals surface area contributed by atoms with Crippen molar-refractivity contribution >= 4 is 38.4 Å². The zero-order chi connectivity index (χ0) is 41.1. The van der Waals surface area contributed by atoms with Gasteiger partial charge in [-0.25, -0.2) is 0 Å². The van der Waals surface area contributed by atoms with Crippen LogP contribution in [0, 0.1) is 0 Å². The van der Waals surface area contributed by atoms with Gasteiger partial charge in [0.1, 0.15) is 0 Å². The summed E-state index contributed by atoms with van der Waals surface area (Å²) >= 11 is -22.3. The van der Waals surface area contributed by atoms with Crippen molar-refractivity contribution in [3.8, 4) is 0 Å². The maximum absolute atomic E-state index is 16.1. The Labute approximate surface area is 290 Å². The van der Waals surface area contributed by atoms with Crippen molar-refractivity contribution < 1.29 is 95.4 Å². The van der Waals surface area contributed by atoms with Gasteiger partial charge in [-0.15, -0.1) is 0 Å². The molecule has 25 heteroatoms. The molecule has 0 bridgehead atoms. The van der Waals surface area contributed by atoms with E-state index in [4.69, 9.17) is 0 Å². The van der Waals surface area contributed by atoms with E-state index in [1.807, 2.05) is 0 Å². The molecule has 0 fully saturated rings. The summed E-state index contributed by atoms with van der Waals surface area (Å²) in [5.74, 6) is -27.9. The molecule has 0 aliphatic heterocycles. The third-order valence-corrected chi connectivity index (χ3v) is 37.1. The predicted octanol–water partition coefficient (Wildman–Crippen LogP) is 11.0. The standard InChI is InChI=1S/2C5H11O.4C4H4F5.O.2Sn/c2*1-2-3-4-5-6;4*1-2(5)4(8,9)3(6)7;;;/h2*2-5H2,1H3;4*2H,1H3;;;/q2*-1;;;;;;2*+1. The molecule has 0 aliphatic carbocycles. The van der Waals surface area contributed by atoms with E-state index in [-0.39, 0.29) is 12.8 Å². The Morgan fingerprint density at radius 3 is 0.745 bits per heavy atom. The summed E-state index contributed by atoms with van der Waals surface area (Å²) in [6.07, 6.45) is -21.7. The van der Waals surface area contributed by atoms with Gasteiger partial charge in [-0.2, -0.15) is 0 Å². The van der Waals surface area contributed by atoms with Crippen molar-refractivity contribution in [2.24, 2.45) is 0 Å². The Morgan fingerprint density at radius 2 is 0.588 bits per heavy atom. The maximum atomic E-state index is 16.1. The van der Waals surface area contributed by atoms with E-state index in [0.29, 0.717) is 0 Å². The third-order valence-electron chi connectivity index (χ3n) is 7.72. The Morgan fingerprint density at radius 1 is 0.392 bits per heavy atom. The average molecular weight is 1020 g/mol. The van der Waals surface area contributed by atoms with E-state index in [0.717, 1.165) is 0 Å². The van der Waals surface area contributed by atoms with Crippen molar-refractivity contribution in [3.05, 3.63) is 0 Å². The van der Waals surface area contributed by atoms with Gasteiger partial charge in [0.25, 0.3) is 0 Å². The number of rotatable bonds is 24. The minimum atomic E-state index is -11.1. The van der Waals surface area contributed by atoms with Crippen LogP contribution in [-0.4, -0.2) is 116 Å². The van der Waals surface area contributed by atoms with Crippen LogP contribution in [0.1, 0.15) is 80.1 Å². The molecule has 0 spiro atoms. The molecule has 0 saturated carbocycles. The van der Waals surface area contributed by atoms with Crippen LogP contribution in [0.3, 0.4) is 0 Å². The van der Waals surface area contributed by atoms with Crippen LogP contribution < -0.4 is 0 Å². The fourth-order valence-electron chi connectivity index (χ4n) is 4.29. The van der Waals surface area contributed by atoms with Crippen molar-refractivity contribution in [1.82, 2.24) is 0 Å². The molecule has 0 N–H and O–H groups in total. The monoisotopic (exact) mass is 1020 g/mol. The topological polar surface area (TPSA) is 27.7 Å². The van der Waals surface area contributed by atoms with Gasteiger partial charge in [-0.05, 0) is 0 Å². The fourth-order valence-corrected chi connectivity index (χ4v) is 41.1. The molecule has 0 heterocycles. The summed E-state index contributed by atoms with van der Waals surface area (Å²) in [4.78, 5) is 0. The first-order valence-electron chi connectivity index (χ1n) is 15.2. The second-order valence-corrected chi connectivity index (χ2v) is 32.0. The molecule has 4 unspecified atom stereocenters. The van der Waals surface area contributed by atoms with E-state index in [1.165, 1.54) is 13.8 Å². The van der Waals surface area contributed by atoms with E-state index in [2.05, 4.69) is 7.56 Å². The van der Waals surface area contributed by atoms with Crippen LogP contribution in [-0.2, 0) is 7.56 Å². The molecule has 0 radical (unpaired) electrons. The summed E-state index contributed by atoms with van der Waals surface area (Å²) in [6.45, 7) is -4.15. The molecule has 51 heavy (non-hydrogen) atoms. The zero-order valence-corrected chi connectivity index (χ0v) is 33.5. The van der Waals surface area contributed by atoms with Gasteiger partial charge in [-0.3, -0.25) is 0 Å². The molecule has 0 amide bonds. The van der Waals surface area contributed by atoms with E-state index in [1.54, 1.807) is 0 Å². The first-order chi connectivity index (χ1) is 22.6. The molecule has 4 atom stereocenters. The predicted molar refractivity (Wildman–Crippen MR) is 145 cm³/mol. The van der Waals surface area contributed by atoms with E-state index < -0.39 is 169 Å². The van der Waals surface area contributed by atoms with Gasteiger partial charge in [0.2, 0.25) is 0 Å². The minimum absolute atomic E-state index is 0.129. The first kappa shape index (κ1) is 51.1. The van der Waals surface area contributed by atoms with Gasteiger partial charge >= 0.3 is 291 Å². The number of halogens is 20. The Balaban J connectivity index is 9.32. The van der Waals surface area contributed by atoms with Crippen molar-refractivity contribution in [2.75, 3.05) is 13.2 Å². The normalized spacial score (nSPS) is 19.6. The summed E-state index contributed by atoms with van der Waals surface area (Å²) in [5.41, 5.74) is 0. The summed E-state index contributed by atoms with van der Waals surface area (Å²) in [5, 5.41) is 0. The quantitative estimate of drug-likeness (QED) is 0.0548. The summed E-state index contributed by atoms with van der Waals surface area (Å²) < 4.78 is 287. The van der Waals surface area contributed by atoms with Crippen LogP contribution in [0.4, 0.5) is 87.8 Å². The number of hydrogen-bond donors (Lipinski definition) is 0. The second kappa shape index (κ2) is 17.5. The summed E-state index contributed by atoms with van der Waals surface area (Å²) in [7, 11) is 0. The molecule has 0 saturated heterocycles. The van der Waals surface area contributed by atoms with Crippen LogP contribution in [0.25, 0.3) is 0 Å². The fraction of sp³-hybridized carbons (Fsp3) is 1.00. The molecular formula is C26H38F20O3Sn2. The van der Waals surface area contributed by atoms with Crippen LogP contribution >= 0.6 is 0 Å². The molecule has 0 rings (SSSR count). The van der Waals surface area contributed by atoms with Gasteiger partial charge in [-0.1, -0.05) is 0 Å². The van der Waals surface area contributed by atoms with Gasteiger partial charge in [0.05, 0.1) is 0 Å². The van der Waals surface area contributed by atoms with Crippen LogP contribution in [0.2, 0.25) is 0 Å². The van der Waals surface area contributed by atoms with Crippen LogP contribution in [0.15, 0.2) is 0 Å². The molecule has 0 aromatic heterocycles. The summed E-state index contributed by atoms with van der Waals surface area (Å²) in [6, 6.07) is 0. The van der Waals surface area contributed by atoms with Crippen LogP contribution in [0.5, 0.6) is 0 Å². The molecule has 3 nitrogen and oxygen atoms in total. The number of alkyl halides is 20. The number of hydrogen-bond acceptors (Lipinski definition) is 3. The number of unbranched alkanes of at least 4 members (excludes halogenated alkanes) is 4. The molecular weight excluding hydrogens is 978 g/mol. The van der Waals surface area contributed by atoms with Crippen molar-refractivity contribution in [3.63, 3.8) is 0 Å². The Hall–Kier alpha value is 0.0774. The van der Waals surface area contributed by atoms with E-state index in [9.17, 15) is 17.6 Å². The van der Waals surface area contributed by atoms with E-state index >= 15 is 70.2 Å². The SMILES string of the molecule is CCCCC[O][Sn]([O][Sn]([O]CCCCC)([C](F)(F)C(F)(F)C(C)F)[C](F)(F)C(F)(F)C(C)F)([C](F)(F)C(F)(F)C(C)F)[C](F)(F)C(F)(F)C(C)F. The molecule has 0 aromatic carbocycles. The molecule has 0 aromatic rings. The Kier molecular flexibility index (Phi) is 17.5. The van der Waals surface area contributed by atoms with Crippen molar-refractivity contribution in [1.29, 1.82) is 0 Å². The first-order valence-corrected chi connectivity index (χ1v) is 25.5. The Bertz CT molecular complexity index is 942. The van der Waals surface area contributed by atoms with Gasteiger partial charge in [0, 0.05) is 0 Å². The molecule has 308 valence electrons. The zero-order valence-electron chi connectivity index (χ0n) is 27.8. The second-order valence-electron chi connectivity index (χ2n) is 11.7. The average Bonchev–Trinajstić information content (AvgIpc) is 2.98. The van der Waals surface area contributed by atoms with Gasteiger partial charge < -0.3 is 0 Å². The molecule has 0 aliphatic rings. The third kappa shape index (κ3) is 8.59.